The number of fused-ring (bicyclic) bond motifs is 1. The standard InChI is InChI=1S/C23H35N3O3S/c1-16-20(22(2,3)4)19-14-25(13-17-9-11-18(29-8)12-10-17)15-30(27,28)26(19)21(24-16)23(5,6)7/h9-12,14,16,20H,13,15H2,1-8H3/t16-,20?/m0/s1. The number of rotatable bonds is 3. The summed E-state index contributed by atoms with van der Waals surface area (Å²) in [6.07, 6.45) is 2.04. The molecule has 1 unspecified atom stereocenters. The number of amidine groups is 1. The second kappa shape index (κ2) is 7.59. The van der Waals surface area contributed by atoms with Gasteiger partial charge in [-0.05, 0) is 30.0 Å². The van der Waals surface area contributed by atoms with E-state index >= 15 is 0 Å². The summed E-state index contributed by atoms with van der Waals surface area (Å²) in [6.45, 7) is 15.1. The van der Waals surface area contributed by atoms with Crippen molar-refractivity contribution in [3.05, 3.63) is 41.7 Å². The Morgan fingerprint density at radius 3 is 2.20 bits per heavy atom. The van der Waals surface area contributed by atoms with Crippen LogP contribution in [0.4, 0.5) is 0 Å². The fourth-order valence-corrected chi connectivity index (χ4v) is 6.22. The average Bonchev–Trinajstić information content (AvgIpc) is 2.58. The van der Waals surface area contributed by atoms with Gasteiger partial charge in [0.25, 0.3) is 10.0 Å². The van der Waals surface area contributed by atoms with Crippen molar-refractivity contribution >= 4 is 15.9 Å². The summed E-state index contributed by atoms with van der Waals surface area (Å²) >= 11 is 0. The highest BCUT2D eigenvalue weighted by Gasteiger charge is 2.49. The van der Waals surface area contributed by atoms with Crippen molar-refractivity contribution in [2.45, 2.75) is 61.1 Å². The van der Waals surface area contributed by atoms with E-state index in [1.54, 1.807) is 7.11 Å². The summed E-state index contributed by atoms with van der Waals surface area (Å²) in [6, 6.07) is 7.75. The molecule has 0 radical (unpaired) electrons. The lowest BCUT2D eigenvalue weighted by atomic mass is 9.73. The Morgan fingerprint density at radius 2 is 1.70 bits per heavy atom. The van der Waals surface area contributed by atoms with Crippen LogP contribution >= 0.6 is 0 Å². The molecule has 6 nitrogen and oxygen atoms in total. The second-order valence-electron chi connectivity index (χ2n) is 10.4. The Hall–Kier alpha value is -2.02. The van der Waals surface area contributed by atoms with Crippen LogP contribution < -0.4 is 4.74 Å². The second-order valence-corrected chi connectivity index (χ2v) is 12.2. The number of aliphatic imine (C=N–C) groups is 1. The van der Waals surface area contributed by atoms with E-state index in [1.807, 2.05) is 56.1 Å². The maximum absolute atomic E-state index is 13.5. The first-order valence-corrected chi connectivity index (χ1v) is 12.0. The number of sulfonamides is 1. The van der Waals surface area contributed by atoms with Gasteiger partial charge < -0.3 is 9.64 Å². The number of nitrogens with zero attached hydrogens (tertiary/aromatic N) is 3. The third-order valence-electron chi connectivity index (χ3n) is 5.62. The summed E-state index contributed by atoms with van der Waals surface area (Å²) in [5.41, 5.74) is 1.36. The number of hydrogen-bond donors (Lipinski definition) is 0. The molecule has 2 aliphatic rings. The first kappa shape index (κ1) is 22.7. The molecule has 1 aromatic rings. The maximum Gasteiger partial charge on any atom is 0.258 e. The van der Waals surface area contributed by atoms with Crippen LogP contribution in [0, 0.1) is 16.7 Å². The van der Waals surface area contributed by atoms with Gasteiger partial charge in [0.2, 0.25) is 0 Å². The monoisotopic (exact) mass is 433 g/mol. The van der Waals surface area contributed by atoms with Crippen LogP contribution in [-0.4, -0.2) is 42.5 Å². The molecule has 2 aliphatic heterocycles. The van der Waals surface area contributed by atoms with Crippen LogP contribution in [0.1, 0.15) is 54.0 Å². The molecule has 2 atom stereocenters. The van der Waals surface area contributed by atoms with E-state index in [1.165, 1.54) is 4.31 Å². The topological polar surface area (TPSA) is 62.2 Å². The number of benzene rings is 1. The predicted molar refractivity (Wildman–Crippen MR) is 122 cm³/mol. The first-order chi connectivity index (χ1) is 13.7. The lowest BCUT2D eigenvalue weighted by molar-refractivity contribution is 0.204. The van der Waals surface area contributed by atoms with Crippen molar-refractivity contribution in [3.8, 4) is 5.75 Å². The van der Waals surface area contributed by atoms with Gasteiger partial charge in [-0.2, -0.15) is 0 Å². The van der Waals surface area contributed by atoms with Crippen LogP contribution in [-0.2, 0) is 16.6 Å². The fourth-order valence-electron chi connectivity index (χ4n) is 4.45. The molecular formula is C23H35N3O3S. The fraction of sp³-hybridized carbons (Fsp3) is 0.609. The highest BCUT2D eigenvalue weighted by molar-refractivity contribution is 7.89. The van der Waals surface area contributed by atoms with Gasteiger partial charge in [-0.3, -0.25) is 4.99 Å². The van der Waals surface area contributed by atoms with E-state index in [9.17, 15) is 8.42 Å². The molecular weight excluding hydrogens is 398 g/mol. The van der Waals surface area contributed by atoms with E-state index in [-0.39, 0.29) is 28.7 Å². The van der Waals surface area contributed by atoms with Gasteiger partial charge in [0.15, 0.2) is 0 Å². The molecule has 0 amide bonds. The molecule has 7 heteroatoms. The van der Waals surface area contributed by atoms with Gasteiger partial charge in [-0.1, -0.05) is 53.7 Å². The molecule has 30 heavy (non-hydrogen) atoms. The highest BCUT2D eigenvalue weighted by atomic mass is 32.2. The molecule has 0 N–H and O–H groups in total. The highest BCUT2D eigenvalue weighted by Crippen LogP contribution is 2.45. The van der Waals surface area contributed by atoms with E-state index < -0.39 is 10.0 Å². The van der Waals surface area contributed by atoms with Crippen LogP contribution in [0.3, 0.4) is 0 Å². The third kappa shape index (κ3) is 4.36. The van der Waals surface area contributed by atoms with E-state index in [0.717, 1.165) is 17.0 Å². The summed E-state index contributed by atoms with van der Waals surface area (Å²) in [5, 5.41) is 0. The molecule has 0 fully saturated rings. The largest absolute Gasteiger partial charge is 0.497 e. The summed E-state index contributed by atoms with van der Waals surface area (Å²) in [7, 11) is -1.94. The van der Waals surface area contributed by atoms with Crippen molar-refractivity contribution in [2.75, 3.05) is 13.0 Å². The Labute approximate surface area is 181 Å². The minimum atomic E-state index is -3.58. The van der Waals surface area contributed by atoms with Crippen LogP contribution in [0.5, 0.6) is 5.75 Å². The third-order valence-corrected chi connectivity index (χ3v) is 7.22. The number of hydrogen-bond acceptors (Lipinski definition) is 5. The molecule has 0 aromatic heterocycles. The van der Waals surface area contributed by atoms with Crippen LogP contribution in [0.15, 0.2) is 41.2 Å². The minimum Gasteiger partial charge on any atom is -0.497 e. The minimum absolute atomic E-state index is 0.00198. The summed E-state index contributed by atoms with van der Waals surface area (Å²) in [5.74, 6) is 1.35. The molecule has 0 aliphatic carbocycles. The molecule has 0 spiro atoms. The Balaban J connectivity index is 2.08. The van der Waals surface area contributed by atoms with E-state index in [2.05, 4.69) is 27.7 Å². The lowest BCUT2D eigenvalue weighted by Crippen LogP contribution is -2.56. The smallest absolute Gasteiger partial charge is 0.258 e. The van der Waals surface area contributed by atoms with Crippen molar-refractivity contribution in [2.24, 2.45) is 21.7 Å². The molecule has 0 saturated heterocycles. The molecule has 166 valence electrons. The van der Waals surface area contributed by atoms with Gasteiger partial charge in [-0.15, -0.1) is 0 Å². The summed E-state index contributed by atoms with van der Waals surface area (Å²) < 4.78 is 33.8. The Kier molecular flexibility index (Phi) is 5.73. The van der Waals surface area contributed by atoms with Gasteiger partial charge in [-0.25, -0.2) is 12.7 Å². The lowest BCUT2D eigenvalue weighted by Gasteiger charge is -2.49. The van der Waals surface area contributed by atoms with Crippen molar-refractivity contribution in [3.63, 3.8) is 0 Å². The van der Waals surface area contributed by atoms with E-state index in [4.69, 9.17) is 9.73 Å². The number of ether oxygens (including phenoxy) is 1. The van der Waals surface area contributed by atoms with Gasteiger partial charge in [0.05, 0.1) is 18.8 Å². The van der Waals surface area contributed by atoms with Gasteiger partial charge >= 0.3 is 0 Å². The average molecular weight is 434 g/mol. The molecule has 0 saturated carbocycles. The molecule has 1 aromatic carbocycles. The van der Waals surface area contributed by atoms with Gasteiger partial charge in [0.1, 0.15) is 17.5 Å². The zero-order chi connectivity index (χ0) is 22.5. The van der Waals surface area contributed by atoms with Crippen molar-refractivity contribution in [1.82, 2.24) is 9.21 Å². The SMILES string of the molecule is COc1ccc(CN2C=C3C(C(C)(C)C)[C@H](C)N=C(C(C)(C)C)N3S(=O)(=O)C2)cc1. The van der Waals surface area contributed by atoms with Crippen LogP contribution in [0.25, 0.3) is 0 Å². The summed E-state index contributed by atoms with van der Waals surface area (Å²) in [4.78, 5) is 6.80. The quantitative estimate of drug-likeness (QED) is 0.706. The maximum atomic E-state index is 13.5. The molecule has 2 heterocycles. The Morgan fingerprint density at radius 1 is 1.10 bits per heavy atom. The molecule has 0 bridgehead atoms. The zero-order valence-electron chi connectivity index (χ0n) is 19.4. The van der Waals surface area contributed by atoms with Gasteiger partial charge in [0, 0.05) is 24.1 Å². The predicted octanol–water partition coefficient (Wildman–Crippen LogP) is 4.45. The zero-order valence-corrected chi connectivity index (χ0v) is 20.2. The molecule has 3 rings (SSSR count). The number of methoxy groups -OCH3 is 1. The van der Waals surface area contributed by atoms with Crippen molar-refractivity contribution in [1.29, 1.82) is 0 Å². The Bertz CT molecular complexity index is 951. The van der Waals surface area contributed by atoms with Crippen LogP contribution in [0.2, 0.25) is 0 Å². The normalized spacial score (nSPS) is 24.1. The van der Waals surface area contributed by atoms with Crippen molar-refractivity contribution < 1.29 is 13.2 Å². The first-order valence-electron chi connectivity index (χ1n) is 10.4. The van der Waals surface area contributed by atoms with E-state index in [0.29, 0.717) is 12.4 Å².